The molecule has 0 bridgehead atoms. The number of thioether (sulfide) groups is 1. The summed E-state index contributed by atoms with van der Waals surface area (Å²) in [6.45, 7) is 2.02. The Morgan fingerprint density at radius 2 is 1.89 bits per heavy atom. The number of carbonyl (C=O) groups is 2. The van der Waals surface area contributed by atoms with Gasteiger partial charge in [-0.25, -0.2) is 0 Å². The molecule has 2 aromatic carbocycles. The summed E-state index contributed by atoms with van der Waals surface area (Å²) >= 11 is 1.30. The monoisotopic (exact) mass is 395 g/mol. The Morgan fingerprint density at radius 1 is 1.14 bits per heavy atom. The fourth-order valence-electron chi connectivity index (χ4n) is 2.52. The van der Waals surface area contributed by atoms with Crippen molar-refractivity contribution in [2.75, 3.05) is 25.2 Å². The molecule has 3 rings (SSSR count). The van der Waals surface area contributed by atoms with Crippen LogP contribution in [0, 0.1) is 6.92 Å². The van der Waals surface area contributed by atoms with Crippen molar-refractivity contribution in [2.45, 2.75) is 12.1 Å². The number of rotatable bonds is 6. The lowest BCUT2D eigenvalue weighted by molar-refractivity contribution is -0.113. The van der Waals surface area contributed by atoms with Crippen LogP contribution in [0.5, 0.6) is 0 Å². The van der Waals surface area contributed by atoms with Crippen molar-refractivity contribution in [3.63, 3.8) is 0 Å². The maximum atomic E-state index is 12.3. The molecule has 0 aliphatic heterocycles. The first-order chi connectivity index (χ1) is 13.4. The molecule has 1 N–H and O–H groups in total. The van der Waals surface area contributed by atoms with Gasteiger partial charge in [-0.05, 0) is 37.3 Å². The Morgan fingerprint density at radius 3 is 2.61 bits per heavy atom. The van der Waals surface area contributed by atoms with Crippen LogP contribution >= 0.6 is 11.8 Å². The summed E-state index contributed by atoms with van der Waals surface area (Å²) in [4.78, 5) is 25.9. The zero-order chi connectivity index (χ0) is 20.1. The highest BCUT2D eigenvalue weighted by atomic mass is 32.2. The first-order valence-electron chi connectivity index (χ1n) is 8.65. The van der Waals surface area contributed by atoms with Gasteiger partial charge in [0.1, 0.15) is 6.33 Å². The third kappa shape index (κ3) is 4.77. The van der Waals surface area contributed by atoms with E-state index in [0.29, 0.717) is 16.4 Å². The highest BCUT2D eigenvalue weighted by Gasteiger charge is 2.12. The molecule has 144 valence electrons. The standard InChI is InChI=1S/C20H21N5O2S/c1-14-7-9-17(10-8-14)25-13-21-23-20(25)28-12-18(26)22-16-6-4-5-15(11-16)19(27)24(2)3/h4-11,13H,12H2,1-3H3,(H,22,26). The van der Waals surface area contributed by atoms with Crippen molar-refractivity contribution in [2.24, 2.45) is 0 Å². The van der Waals surface area contributed by atoms with Crippen molar-refractivity contribution in [1.82, 2.24) is 19.7 Å². The Balaban J connectivity index is 1.63. The smallest absolute Gasteiger partial charge is 0.253 e. The highest BCUT2D eigenvalue weighted by Crippen LogP contribution is 2.20. The molecule has 28 heavy (non-hydrogen) atoms. The summed E-state index contributed by atoms with van der Waals surface area (Å²) in [5.41, 5.74) is 3.21. The van der Waals surface area contributed by atoms with Gasteiger partial charge in [-0.3, -0.25) is 14.2 Å². The molecule has 0 unspecified atom stereocenters. The van der Waals surface area contributed by atoms with E-state index in [9.17, 15) is 9.59 Å². The predicted molar refractivity (Wildman–Crippen MR) is 110 cm³/mol. The van der Waals surface area contributed by atoms with Gasteiger partial charge in [0.25, 0.3) is 5.91 Å². The SMILES string of the molecule is Cc1ccc(-n2cnnc2SCC(=O)Nc2cccc(C(=O)N(C)C)c2)cc1. The van der Waals surface area contributed by atoms with Crippen LogP contribution in [0.2, 0.25) is 0 Å². The predicted octanol–water partition coefficient (Wildman–Crippen LogP) is 3.01. The van der Waals surface area contributed by atoms with Crippen molar-refractivity contribution in [3.8, 4) is 5.69 Å². The zero-order valence-electron chi connectivity index (χ0n) is 15.9. The highest BCUT2D eigenvalue weighted by molar-refractivity contribution is 7.99. The van der Waals surface area contributed by atoms with Gasteiger partial charge in [-0.15, -0.1) is 10.2 Å². The van der Waals surface area contributed by atoms with E-state index in [1.165, 1.54) is 22.2 Å². The Hall–Kier alpha value is -3.13. The molecule has 0 aliphatic rings. The van der Waals surface area contributed by atoms with Crippen molar-refractivity contribution in [1.29, 1.82) is 0 Å². The summed E-state index contributed by atoms with van der Waals surface area (Å²) in [6.07, 6.45) is 1.63. The molecule has 0 saturated carbocycles. The van der Waals surface area contributed by atoms with Crippen LogP contribution in [0.25, 0.3) is 5.69 Å². The second kappa shape index (κ2) is 8.71. The minimum absolute atomic E-state index is 0.114. The molecule has 0 aliphatic carbocycles. The van der Waals surface area contributed by atoms with Gasteiger partial charge in [0.05, 0.1) is 5.75 Å². The minimum Gasteiger partial charge on any atom is -0.345 e. The Bertz CT molecular complexity index is 982. The molecule has 1 heterocycles. The quantitative estimate of drug-likeness (QED) is 0.649. The number of amides is 2. The molecule has 0 spiro atoms. The van der Waals surface area contributed by atoms with Crippen LogP contribution in [0.1, 0.15) is 15.9 Å². The maximum Gasteiger partial charge on any atom is 0.253 e. The molecule has 0 fully saturated rings. The summed E-state index contributed by atoms with van der Waals surface area (Å²) in [6, 6.07) is 14.9. The van der Waals surface area contributed by atoms with E-state index in [0.717, 1.165) is 5.69 Å². The van der Waals surface area contributed by atoms with Gasteiger partial charge < -0.3 is 10.2 Å². The van der Waals surface area contributed by atoms with E-state index in [4.69, 9.17) is 0 Å². The summed E-state index contributed by atoms with van der Waals surface area (Å²) in [5, 5.41) is 11.5. The molecule has 8 heteroatoms. The van der Waals surface area contributed by atoms with E-state index in [1.807, 2.05) is 35.8 Å². The van der Waals surface area contributed by atoms with Crippen molar-refractivity contribution in [3.05, 3.63) is 66.0 Å². The summed E-state index contributed by atoms with van der Waals surface area (Å²) in [5.74, 6) is -0.120. The van der Waals surface area contributed by atoms with Crippen LogP contribution in [0.4, 0.5) is 5.69 Å². The Kier molecular flexibility index (Phi) is 6.10. The fourth-order valence-corrected chi connectivity index (χ4v) is 3.25. The average Bonchev–Trinajstić information content (AvgIpc) is 3.15. The molecule has 0 saturated heterocycles. The van der Waals surface area contributed by atoms with E-state index in [1.54, 1.807) is 44.7 Å². The largest absolute Gasteiger partial charge is 0.345 e. The zero-order valence-corrected chi connectivity index (χ0v) is 16.7. The molecule has 7 nitrogen and oxygen atoms in total. The molecule has 0 atom stereocenters. The van der Waals surface area contributed by atoms with Gasteiger partial charge in [0.15, 0.2) is 5.16 Å². The van der Waals surface area contributed by atoms with E-state index >= 15 is 0 Å². The average molecular weight is 395 g/mol. The lowest BCUT2D eigenvalue weighted by atomic mass is 10.2. The number of aromatic nitrogens is 3. The van der Waals surface area contributed by atoms with Gasteiger partial charge in [0.2, 0.25) is 5.91 Å². The first-order valence-corrected chi connectivity index (χ1v) is 9.64. The van der Waals surface area contributed by atoms with Crippen molar-refractivity contribution >= 4 is 29.3 Å². The van der Waals surface area contributed by atoms with Gasteiger partial charge >= 0.3 is 0 Å². The summed E-state index contributed by atoms with van der Waals surface area (Å²) in [7, 11) is 3.38. The van der Waals surface area contributed by atoms with Crippen LogP contribution in [-0.2, 0) is 4.79 Å². The second-order valence-corrected chi connectivity index (χ2v) is 7.38. The normalized spacial score (nSPS) is 10.5. The molecule has 2 amide bonds. The number of anilines is 1. The maximum absolute atomic E-state index is 12.3. The summed E-state index contributed by atoms with van der Waals surface area (Å²) < 4.78 is 1.84. The lowest BCUT2D eigenvalue weighted by Gasteiger charge is -2.11. The number of benzene rings is 2. The Labute approximate surface area is 167 Å². The number of hydrogen-bond donors (Lipinski definition) is 1. The molecule has 1 aromatic heterocycles. The van der Waals surface area contributed by atoms with E-state index < -0.39 is 0 Å². The van der Waals surface area contributed by atoms with Crippen LogP contribution in [0.3, 0.4) is 0 Å². The van der Waals surface area contributed by atoms with Gasteiger partial charge in [-0.2, -0.15) is 0 Å². The number of nitrogens with one attached hydrogen (secondary N) is 1. The third-order valence-corrected chi connectivity index (χ3v) is 4.90. The van der Waals surface area contributed by atoms with E-state index in [2.05, 4.69) is 15.5 Å². The minimum atomic E-state index is -0.182. The molecular formula is C20H21N5O2S. The first kappa shape index (κ1) is 19.6. The van der Waals surface area contributed by atoms with Crippen LogP contribution < -0.4 is 5.32 Å². The molecule has 3 aromatic rings. The molecular weight excluding hydrogens is 374 g/mol. The van der Waals surface area contributed by atoms with Gasteiger partial charge in [-0.1, -0.05) is 35.5 Å². The van der Waals surface area contributed by atoms with Crippen LogP contribution in [-0.4, -0.2) is 51.3 Å². The van der Waals surface area contributed by atoms with E-state index in [-0.39, 0.29) is 17.6 Å². The number of hydrogen-bond acceptors (Lipinski definition) is 5. The fraction of sp³-hybridized carbons (Fsp3) is 0.200. The van der Waals surface area contributed by atoms with Crippen molar-refractivity contribution < 1.29 is 9.59 Å². The number of carbonyl (C=O) groups excluding carboxylic acids is 2. The topological polar surface area (TPSA) is 80.1 Å². The van der Waals surface area contributed by atoms with Crippen LogP contribution in [0.15, 0.2) is 60.0 Å². The second-order valence-electron chi connectivity index (χ2n) is 6.44. The lowest BCUT2D eigenvalue weighted by Crippen LogP contribution is -2.22. The van der Waals surface area contributed by atoms with Gasteiger partial charge in [0, 0.05) is 31.0 Å². The molecule has 0 radical (unpaired) electrons. The third-order valence-electron chi connectivity index (χ3n) is 3.96. The number of nitrogens with zero attached hydrogens (tertiary/aromatic N) is 4. The number of aryl methyl sites for hydroxylation is 1.